The average molecular weight is 273 g/mol. The molecule has 0 unspecified atom stereocenters. The molecule has 2 aromatic rings. The number of para-hydroxylation sites is 1. The summed E-state index contributed by atoms with van der Waals surface area (Å²) in [6, 6.07) is 14.0. The highest BCUT2D eigenvalue weighted by molar-refractivity contribution is 5.99. The van der Waals surface area contributed by atoms with E-state index in [1.165, 1.54) is 13.0 Å². The molecular formula is C16H16FNO2. The first-order chi connectivity index (χ1) is 9.68. The van der Waals surface area contributed by atoms with Gasteiger partial charge in [-0.05, 0) is 31.2 Å². The van der Waals surface area contributed by atoms with E-state index in [-0.39, 0.29) is 11.3 Å². The van der Waals surface area contributed by atoms with Crippen LogP contribution in [0.1, 0.15) is 17.3 Å². The lowest BCUT2D eigenvalue weighted by atomic mass is 10.1. The molecule has 0 heterocycles. The molecule has 0 radical (unpaired) electrons. The van der Waals surface area contributed by atoms with Gasteiger partial charge in [0.05, 0.1) is 5.56 Å². The van der Waals surface area contributed by atoms with E-state index in [0.717, 1.165) is 5.75 Å². The predicted molar refractivity (Wildman–Crippen MR) is 76.8 cm³/mol. The Hall–Kier alpha value is -2.36. The molecule has 3 nitrogen and oxygen atoms in total. The molecule has 0 aliphatic carbocycles. The van der Waals surface area contributed by atoms with Gasteiger partial charge in [0.2, 0.25) is 0 Å². The summed E-state index contributed by atoms with van der Waals surface area (Å²) in [5.74, 6) is -0.0265. The lowest BCUT2D eigenvalue weighted by molar-refractivity contribution is 0.101. The fourth-order valence-electron chi connectivity index (χ4n) is 1.90. The highest BCUT2D eigenvalue weighted by Crippen LogP contribution is 2.19. The van der Waals surface area contributed by atoms with Crippen LogP contribution in [0, 0.1) is 5.82 Å². The average Bonchev–Trinajstić information content (AvgIpc) is 2.44. The van der Waals surface area contributed by atoms with Crippen molar-refractivity contribution in [3.63, 3.8) is 0 Å². The van der Waals surface area contributed by atoms with Crippen LogP contribution < -0.4 is 10.1 Å². The van der Waals surface area contributed by atoms with Crippen molar-refractivity contribution in [1.29, 1.82) is 0 Å². The number of benzene rings is 2. The van der Waals surface area contributed by atoms with E-state index in [0.29, 0.717) is 18.8 Å². The van der Waals surface area contributed by atoms with E-state index in [1.54, 1.807) is 12.1 Å². The number of hydrogen-bond donors (Lipinski definition) is 1. The molecule has 104 valence electrons. The van der Waals surface area contributed by atoms with Crippen LogP contribution in [-0.2, 0) is 0 Å². The van der Waals surface area contributed by atoms with Crippen LogP contribution in [-0.4, -0.2) is 18.9 Å². The number of Topliss-reactive ketones (excluding diaryl/α,β-unsaturated/α-hetero) is 1. The molecule has 4 heteroatoms. The second-order valence-corrected chi connectivity index (χ2v) is 4.31. The maximum absolute atomic E-state index is 13.6. The number of carbonyl (C=O) groups excluding carboxylic acids is 1. The van der Waals surface area contributed by atoms with E-state index in [9.17, 15) is 9.18 Å². The number of rotatable bonds is 6. The van der Waals surface area contributed by atoms with Crippen LogP contribution in [0.2, 0.25) is 0 Å². The molecule has 0 bridgehead atoms. The van der Waals surface area contributed by atoms with Crippen molar-refractivity contribution in [3.05, 3.63) is 59.9 Å². The second kappa shape index (κ2) is 6.70. The number of nitrogens with one attached hydrogen (secondary N) is 1. The molecule has 0 aliphatic rings. The quantitative estimate of drug-likeness (QED) is 0.646. The van der Waals surface area contributed by atoms with E-state index in [2.05, 4.69) is 5.32 Å². The highest BCUT2D eigenvalue weighted by Gasteiger charge is 2.12. The molecule has 20 heavy (non-hydrogen) atoms. The van der Waals surface area contributed by atoms with E-state index in [4.69, 9.17) is 4.74 Å². The maximum Gasteiger partial charge on any atom is 0.164 e. The molecule has 0 aromatic heterocycles. The Morgan fingerprint density at radius 1 is 1.15 bits per heavy atom. The third-order valence-corrected chi connectivity index (χ3v) is 2.80. The Bertz CT molecular complexity index is 584. The summed E-state index contributed by atoms with van der Waals surface area (Å²) in [5, 5.41) is 3.02. The first-order valence-electron chi connectivity index (χ1n) is 6.39. The van der Waals surface area contributed by atoms with Crippen molar-refractivity contribution in [2.45, 2.75) is 6.92 Å². The fourth-order valence-corrected chi connectivity index (χ4v) is 1.90. The summed E-state index contributed by atoms with van der Waals surface area (Å²) in [7, 11) is 0. The number of ketones is 1. The van der Waals surface area contributed by atoms with E-state index >= 15 is 0 Å². The van der Waals surface area contributed by atoms with Crippen LogP contribution >= 0.6 is 0 Å². The normalized spacial score (nSPS) is 10.1. The van der Waals surface area contributed by atoms with Gasteiger partial charge in [-0.1, -0.05) is 24.3 Å². The second-order valence-electron chi connectivity index (χ2n) is 4.31. The molecule has 0 aliphatic heterocycles. The Labute approximate surface area is 117 Å². The van der Waals surface area contributed by atoms with Gasteiger partial charge in [-0.15, -0.1) is 0 Å². The number of halogens is 1. The van der Waals surface area contributed by atoms with Gasteiger partial charge < -0.3 is 10.1 Å². The van der Waals surface area contributed by atoms with Gasteiger partial charge in [0.25, 0.3) is 0 Å². The zero-order valence-corrected chi connectivity index (χ0v) is 11.2. The van der Waals surface area contributed by atoms with Crippen molar-refractivity contribution in [3.8, 4) is 5.75 Å². The van der Waals surface area contributed by atoms with Crippen molar-refractivity contribution in [2.75, 3.05) is 18.5 Å². The summed E-state index contributed by atoms with van der Waals surface area (Å²) in [4.78, 5) is 11.4. The first-order valence-corrected chi connectivity index (χ1v) is 6.39. The standard InChI is InChI=1S/C16H16FNO2/c1-12(19)16-14(17)8-5-9-15(16)18-10-11-20-13-6-3-2-4-7-13/h2-9,18H,10-11H2,1H3. The number of ether oxygens (including phenoxy) is 1. The van der Waals surface area contributed by atoms with E-state index in [1.807, 2.05) is 30.3 Å². The van der Waals surface area contributed by atoms with Crippen molar-refractivity contribution >= 4 is 11.5 Å². The minimum Gasteiger partial charge on any atom is -0.492 e. The van der Waals surface area contributed by atoms with Crippen molar-refractivity contribution in [1.82, 2.24) is 0 Å². The van der Waals surface area contributed by atoms with Crippen LogP contribution in [0.5, 0.6) is 5.75 Å². The lowest BCUT2D eigenvalue weighted by Crippen LogP contribution is -2.14. The highest BCUT2D eigenvalue weighted by atomic mass is 19.1. The number of anilines is 1. The SMILES string of the molecule is CC(=O)c1c(F)cccc1NCCOc1ccccc1. The molecule has 0 atom stereocenters. The third kappa shape index (κ3) is 3.57. The Morgan fingerprint density at radius 2 is 1.90 bits per heavy atom. The Kier molecular flexibility index (Phi) is 4.71. The van der Waals surface area contributed by atoms with Gasteiger partial charge in [-0.3, -0.25) is 4.79 Å². The molecule has 2 rings (SSSR count). The van der Waals surface area contributed by atoms with Gasteiger partial charge in [-0.2, -0.15) is 0 Å². The van der Waals surface area contributed by atoms with Crippen LogP contribution in [0.4, 0.5) is 10.1 Å². The maximum atomic E-state index is 13.6. The number of hydrogen-bond acceptors (Lipinski definition) is 3. The monoisotopic (exact) mass is 273 g/mol. The topological polar surface area (TPSA) is 38.3 Å². The van der Waals surface area contributed by atoms with Gasteiger partial charge in [0.1, 0.15) is 18.2 Å². The molecule has 0 saturated heterocycles. The summed E-state index contributed by atoms with van der Waals surface area (Å²) < 4.78 is 19.1. The minimum atomic E-state index is -0.508. The molecule has 0 amide bonds. The predicted octanol–water partition coefficient (Wildman–Crippen LogP) is 3.52. The van der Waals surface area contributed by atoms with Crippen LogP contribution in [0.25, 0.3) is 0 Å². The van der Waals surface area contributed by atoms with Gasteiger partial charge in [-0.25, -0.2) is 4.39 Å². The van der Waals surface area contributed by atoms with Crippen molar-refractivity contribution in [2.24, 2.45) is 0 Å². The molecular weight excluding hydrogens is 257 g/mol. The zero-order chi connectivity index (χ0) is 14.4. The summed E-state index contributed by atoms with van der Waals surface area (Å²) in [6.07, 6.45) is 0. The lowest BCUT2D eigenvalue weighted by Gasteiger charge is -2.11. The molecule has 0 saturated carbocycles. The summed E-state index contributed by atoms with van der Waals surface area (Å²) in [5.41, 5.74) is 0.585. The van der Waals surface area contributed by atoms with E-state index < -0.39 is 5.82 Å². The van der Waals surface area contributed by atoms with Gasteiger partial charge in [0.15, 0.2) is 5.78 Å². The minimum absolute atomic E-state index is 0.0900. The molecule has 0 spiro atoms. The number of carbonyl (C=O) groups is 1. The van der Waals surface area contributed by atoms with Crippen molar-refractivity contribution < 1.29 is 13.9 Å². The van der Waals surface area contributed by atoms with Crippen LogP contribution in [0.3, 0.4) is 0 Å². The Morgan fingerprint density at radius 3 is 2.60 bits per heavy atom. The zero-order valence-electron chi connectivity index (χ0n) is 11.2. The first kappa shape index (κ1) is 14.1. The van der Waals surface area contributed by atoms with Gasteiger partial charge in [0, 0.05) is 12.2 Å². The smallest absolute Gasteiger partial charge is 0.164 e. The Balaban J connectivity index is 1.92. The third-order valence-electron chi connectivity index (χ3n) is 2.80. The summed E-state index contributed by atoms with van der Waals surface area (Å²) >= 11 is 0. The fraction of sp³-hybridized carbons (Fsp3) is 0.188. The summed E-state index contributed by atoms with van der Waals surface area (Å²) in [6.45, 7) is 2.26. The molecule has 0 fully saturated rings. The molecule has 1 N–H and O–H groups in total. The van der Waals surface area contributed by atoms with Crippen LogP contribution in [0.15, 0.2) is 48.5 Å². The largest absolute Gasteiger partial charge is 0.492 e. The van der Waals surface area contributed by atoms with Gasteiger partial charge >= 0.3 is 0 Å². The molecule has 2 aromatic carbocycles.